The van der Waals surface area contributed by atoms with Crippen molar-refractivity contribution in [3.63, 3.8) is 0 Å². The highest BCUT2D eigenvalue weighted by atomic mass is 19.1. The summed E-state index contributed by atoms with van der Waals surface area (Å²) >= 11 is 0. The van der Waals surface area contributed by atoms with Crippen molar-refractivity contribution in [2.75, 3.05) is 18.0 Å². The van der Waals surface area contributed by atoms with Gasteiger partial charge in [0, 0.05) is 23.8 Å². The van der Waals surface area contributed by atoms with Crippen molar-refractivity contribution in [3.8, 4) is 0 Å². The molecule has 0 saturated carbocycles. The summed E-state index contributed by atoms with van der Waals surface area (Å²) in [5, 5.41) is 12.7. The van der Waals surface area contributed by atoms with Gasteiger partial charge >= 0.3 is 0 Å². The van der Waals surface area contributed by atoms with Crippen LogP contribution in [-0.2, 0) is 4.79 Å². The number of likely N-dealkylation sites (N-methyl/N-ethyl adjacent to an activating group) is 1. The molecule has 0 radical (unpaired) electrons. The zero-order valence-corrected chi connectivity index (χ0v) is 13.4. The molecule has 0 spiro atoms. The van der Waals surface area contributed by atoms with Gasteiger partial charge in [-0.25, -0.2) is 4.39 Å². The van der Waals surface area contributed by atoms with E-state index in [4.69, 9.17) is 0 Å². The highest BCUT2D eigenvalue weighted by Crippen LogP contribution is 2.29. The van der Waals surface area contributed by atoms with E-state index in [0.29, 0.717) is 23.4 Å². The van der Waals surface area contributed by atoms with Crippen molar-refractivity contribution in [2.24, 2.45) is 0 Å². The topological polar surface area (TPSA) is 52.6 Å². The van der Waals surface area contributed by atoms with E-state index in [1.165, 1.54) is 6.07 Å². The van der Waals surface area contributed by atoms with Gasteiger partial charge in [-0.3, -0.25) is 4.79 Å². The van der Waals surface area contributed by atoms with Crippen LogP contribution in [0.15, 0.2) is 12.1 Å². The number of hydrogen-bond acceptors (Lipinski definition) is 3. The van der Waals surface area contributed by atoms with E-state index >= 15 is 0 Å². The number of carbonyl (C=O) groups excluding carboxylic acids is 1. The summed E-state index contributed by atoms with van der Waals surface area (Å²) in [4.78, 5) is 13.8. The molecule has 0 heterocycles. The van der Waals surface area contributed by atoms with Crippen LogP contribution in [-0.4, -0.2) is 30.1 Å². The number of hydrogen-bond donors (Lipinski definition) is 2. The van der Waals surface area contributed by atoms with E-state index < -0.39 is 6.10 Å². The van der Waals surface area contributed by atoms with Crippen LogP contribution >= 0.6 is 0 Å². The molecule has 0 aliphatic heterocycles. The van der Waals surface area contributed by atoms with Gasteiger partial charge in [0.15, 0.2) is 0 Å². The standard InChI is InChI=1S/C16H25FN2O2/c1-6-19(9-16(21)18-10(2)3)15-7-11(4)14(17)8-13(15)12(5)20/h7-8,10,12,20H,6,9H2,1-5H3,(H,18,21). The Hall–Kier alpha value is -1.62. The lowest BCUT2D eigenvalue weighted by atomic mass is 10.0. The summed E-state index contributed by atoms with van der Waals surface area (Å²) < 4.78 is 13.7. The van der Waals surface area contributed by atoms with Crippen molar-refractivity contribution in [1.29, 1.82) is 0 Å². The summed E-state index contributed by atoms with van der Waals surface area (Å²) in [7, 11) is 0. The van der Waals surface area contributed by atoms with Crippen LogP contribution < -0.4 is 10.2 Å². The predicted octanol–water partition coefficient (Wildman–Crippen LogP) is 2.54. The van der Waals surface area contributed by atoms with Crippen LogP contribution in [0.1, 0.15) is 44.9 Å². The molecule has 1 rings (SSSR count). The minimum absolute atomic E-state index is 0.0717. The number of aryl methyl sites for hydroxylation is 1. The molecule has 0 saturated heterocycles. The second kappa shape index (κ2) is 7.41. The highest BCUT2D eigenvalue weighted by molar-refractivity contribution is 5.82. The summed E-state index contributed by atoms with van der Waals surface area (Å²) in [6, 6.07) is 3.10. The Morgan fingerprint density at radius 2 is 2.00 bits per heavy atom. The Labute approximate surface area is 126 Å². The Kier molecular flexibility index (Phi) is 6.15. The summed E-state index contributed by atoms with van der Waals surface area (Å²) in [6.45, 7) is 9.76. The summed E-state index contributed by atoms with van der Waals surface area (Å²) in [5.41, 5.74) is 1.69. The first-order valence-corrected chi connectivity index (χ1v) is 7.28. The molecule has 1 atom stereocenters. The Morgan fingerprint density at radius 3 is 2.48 bits per heavy atom. The van der Waals surface area contributed by atoms with Gasteiger partial charge in [0.2, 0.25) is 5.91 Å². The first-order chi connectivity index (χ1) is 9.76. The van der Waals surface area contributed by atoms with Crippen LogP contribution in [0, 0.1) is 12.7 Å². The lowest BCUT2D eigenvalue weighted by Crippen LogP contribution is -2.40. The van der Waals surface area contributed by atoms with E-state index in [1.807, 2.05) is 25.7 Å². The maximum absolute atomic E-state index is 13.7. The van der Waals surface area contributed by atoms with Gasteiger partial charge in [0.25, 0.3) is 0 Å². The smallest absolute Gasteiger partial charge is 0.239 e. The lowest BCUT2D eigenvalue weighted by molar-refractivity contribution is -0.120. The number of halogens is 1. The fourth-order valence-corrected chi connectivity index (χ4v) is 2.20. The molecule has 1 unspecified atom stereocenters. The van der Waals surface area contributed by atoms with Gasteiger partial charge in [0.1, 0.15) is 5.82 Å². The molecular formula is C16H25FN2O2. The van der Waals surface area contributed by atoms with E-state index in [2.05, 4.69) is 5.32 Å². The number of anilines is 1. The number of rotatable bonds is 6. The van der Waals surface area contributed by atoms with Gasteiger partial charge in [-0.15, -0.1) is 0 Å². The monoisotopic (exact) mass is 296 g/mol. The Morgan fingerprint density at radius 1 is 1.38 bits per heavy atom. The van der Waals surface area contributed by atoms with Crippen LogP contribution in [0.25, 0.3) is 0 Å². The average Bonchev–Trinajstić information content (AvgIpc) is 2.37. The van der Waals surface area contributed by atoms with E-state index in [1.54, 1.807) is 19.9 Å². The SMILES string of the molecule is CCN(CC(=O)NC(C)C)c1cc(C)c(F)cc1C(C)O. The Bertz CT molecular complexity index is 501. The molecule has 5 heteroatoms. The second-order valence-electron chi connectivity index (χ2n) is 5.57. The van der Waals surface area contributed by atoms with Gasteiger partial charge in [-0.2, -0.15) is 0 Å². The van der Waals surface area contributed by atoms with Gasteiger partial charge in [-0.1, -0.05) is 0 Å². The Balaban J connectivity index is 3.09. The fourth-order valence-electron chi connectivity index (χ4n) is 2.20. The van der Waals surface area contributed by atoms with Crippen molar-refractivity contribution in [2.45, 2.75) is 46.8 Å². The largest absolute Gasteiger partial charge is 0.389 e. The van der Waals surface area contributed by atoms with E-state index in [-0.39, 0.29) is 24.3 Å². The predicted molar refractivity (Wildman–Crippen MR) is 82.9 cm³/mol. The first kappa shape index (κ1) is 17.4. The molecular weight excluding hydrogens is 271 g/mol. The van der Waals surface area contributed by atoms with Crippen molar-refractivity contribution in [3.05, 3.63) is 29.1 Å². The third kappa shape index (κ3) is 4.70. The average molecular weight is 296 g/mol. The van der Waals surface area contributed by atoms with Gasteiger partial charge in [0.05, 0.1) is 12.6 Å². The van der Waals surface area contributed by atoms with E-state index in [0.717, 1.165) is 0 Å². The van der Waals surface area contributed by atoms with Crippen molar-refractivity contribution >= 4 is 11.6 Å². The zero-order valence-electron chi connectivity index (χ0n) is 13.4. The molecule has 1 aromatic carbocycles. The highest BCUT2D eigenvalue weighted by Gasteiger charge is 2.18. The third-order valence-corrected chi connectivity index (χ3v) is 3.26. The molecule has 0 aliphatic rings. The molecule has 118 valence electrons. The molecule has 0 aliphatic carbocycles. The summed E-state index contributed by atoms with van der Waals surface area (Å²) in [6.07, 6.45) is -0.794. The van der Waals surface area contributed by atoms with Crippen LogP contribution in [0.3, 0.4) is 0 Å². The molecule has 0 fully saturated rings. The molecule has 2 N–H and O–H groups in total. The van der Waals surface area contributed by atoms with E-state index in [9.17, 15) is 14.3 Å². The molecule has 0 bridgehead atoms. The normalized spacial score (nSPS) is 12.4. The number of amides is 1. The van der Waals surface area contributed by atoms with Crippen molar-refractivity contribution < 1.29 is 14.3 Å². The molecule has 4 nitrogen and oxygen atoms in total. The number of carbonyl (C=O) groups is 1. The quantitative estimate of drug-likeness (QED) is 0.848. The number of benzene rings is 1. The maximum Gasteiger partial charge on any atom is 0.239 e. The number of aliphatic hydroxyl groups is 1. The third-order valence-electron chi connectivity index (χ3n) is 3.26. The molecule has 21 heavy (non-hydrogen) atoms. The van der Waals surface area contributed by atoms with Crippen LogP contribution in [0.4, 0.5) is 10.1 Å². The molecule has 0 aromatic heterocycles. The van der Waals surface area contributed by atoms with Gasteiger partial charge < -0.3 is 15.3 Å². The minimum Gasteiger partial charge on any atom is -0.389 e. The molecule has 1 aromatic rings. The first-order valence-electron chi connectivity index (χ1n) is 7.28. The summed E-state index contributed by atoms with van der Waals surface area (Å²) in [5.74, 6) is -0.442. The second-order valence-corrected chi connectivity index (χ2v) is 5.57. The zero-order chi connectivity index (χ0) is 16.2. The number of nitrogens with one attached hydrogen (secondary N) is 1. The van der Waals surface area contributed by atoms with Crippen LogP contribution in [0.2, 0.25) is 0 Å². The number of aliphatic hydroxyl groups excluding tert-OH is 1. The minimum atomic E-state index is -0.794. The lowest BCUT2D eigenvalue weighted by Gasteiger charge is -2.27. The van der Waals surface area contributed by atoms with Gasteiger partial charge in [-0.05, 0) is 52.3 Å². The maximum atomic E-state index is 13.7. The van der Waals surface area contributed by atoms with Crippen molar-refractivity contribution in [1.82, 2.24) is 5.32 Å². The van der Waals surface area contributed by atoms with Crippen LogP contribution in [0.5, 0.6) is 0 Å². The fraction of sp³-hybridized carbons (Fsp3) is 0.562. The number of nitrogens with zero attached hydrogens (tertiary/aromatic N) is 1. The molecule has 1 amide bonds.